The Morgan fingerprint density at radius 2 is 1.96 bits per heavy atom. The van der Waals surface area contributed by atoms with E-state index >= 15 is 0 Å². The number of carbonyl (C=O) groups is 2. The molecule has 0 radical (unpaired) electrons. The number of hydrogen-bond donors (Lipinski definition) is 0. The van der Waals surface area contributed by atoms with Crippen molar-refractivity contribution in [2.75, 3.05) is 6.61 Å². The number of hydrogen-bond acceptors (Lipinski definition) is 4. The molecule has 28 heavy (non-hydrogen) atoms. The van der Waals surface area contributed by atoms with Crippen molar-refractivity contribution in [2.45, 2.75) is 58.2 Å². The second kappa shape index (κ2) is 7.41. The average Bonchev–Trinajstić information content (AvgIpc) is 3.42. The molecule has 2 aliphatic rings. The van der Waals surface area contributed by atoms with E-state index in [1.165, 1.54) is 0 Å². The quantitative estimate of drug-likeness (QED) is 0.722. The first kappa shape index (κ1) is 18.7. The summed E-state index contributed by atoms with van der Waals surface area (Å²) in [5, 5.41) is 4.39. The Morgan fingerprint density at radius 1 is 1.18 bits per heavy atom. The lowest BCUT2D eigenvalue weighted by atomic mass is 9.70. The Morgan fingerprint density at radius 3 is 2.64 bits per heavy atom. The van der Waals surface area contributed by atoms with Gasteiger partial charge in [-0.1, -0.05) is 30.3 Å². The number of benzene rings is 1. The van der Waals surface area contributed by atoms with Crippen LogP contribution in [-0.4, -0.2) is 45.2 Å². The van der Waals surface area contributed by atoms with Crippen molar-refractivity contribution in [3.05, 3.63) is 53.9 Å². The Balaban J connectivity index is 1.67. The molecule has 0 aliphatic carbocycles. The van der Waals surface area contributed by atoms with Crippen LogP contribution in [0.1, 0.15) is 49.2 Å². The summed E-state index contributed by atoms with van der Waals surface area (Å²) in [5.41, 5.74) is 0.882. The van der Waals surface area contributed by atoms with Crippen LogP contribution in [0.15, 0.2) is 42.6 Å². The predicted molar refractivity (Wildman–Crippen MR) is 105 cm³/mol. The molecule has 2 saturated heterocycles. The zero-order valence-corrected chi connectivity index (χ0v) is 16.5. The smallest absolute Gasteiger partial charge is 0.314 e. The van der Waals surface area contributed by atoms with Gasteiger partial charge in [0.2, 0.25) is 0 Å². The first-order chi connectivity index (χ1) is 13.6. The third kappa shape index (κ3) is 3.01. The minimum Gasteiger partial charge on any atom is -0.465 e. The van der Waals surface area contributed by atoms with Gasteiger partial charge in [-0.3, -0.25) is 14.3 Å². The highest BCUT2D eigenvalue weighted by molar-refractivity contribution is 5.94. The fourth-order valence-electron chi connectivity index (χ4n) is 4.99. The molecule has 1 aromatic carbocycles. The highest BCUT2D eigenvalue weighted by atomic mass is 16.5. The molecule has 0 spiro atoms. The van der Waals surface area contributed by atoms with Crippen molar-refractivity contribution in [3.63, 3.8) is 0 Å². The molecule has 6 nitrogen and oxygen atoms in total. The summed E-state index contributed by atoms with van der Waals surface area (Å²) < 4.78 is 7.27. The second-order valence-electron chi connectivity index (χ2n) is 7.76. The van der Waals surface area contributed by atoms with Gasteiger partial charge >= 0.3 is 5.97 Å². The van der Waals surface area contributed by atoms with Crippen molar-refractivity contribution in [1.82, 2.24) is 14.7 Å². The van der Waals surface area contributed by atoms with Gasteiger partial charge in [0.05, 0.1) is 12.0 Å². The van der Waals surface area contributed by atoms with E-state index in [4.69, 9.17) is 4.74 Å². The van der Waals surface area contributed by atoms with E-state index < -0.39 is 5.41 Å². The highest BCUT2D eigenvalue weighted by Gasteiger charge is 2.62. The van der Waals surface area contributed by atoms with Crippen LogP contribution in [0.3, 0.4) is 0 Å². The number of aromatic nitrogens is 2. The fraction of sp³-hybridized carbons (Fsp3) is 0.500. The summed E-state index contributed by atoms with van der Waals surface area (Å²) in [6, 6.07) is 11.7. The minimum atomic E-state index is -0.677. The molecule has 1 amide bonds. The Bertz CT molecular complexity index is 863. The van der Waals surface area contributed by atoms with Crippen LogP contribution in [0.2, 0.25) is 0 Å². The number of esters is 1. The molecule has 2 bridgehead atoms. The van der Waals surface area contributed by atoms with E-state index in [1.807, 2.05) is 55.3 Å². The van der Waals surface area contributed by atoms with Gasteiger partial charge in [0.25, 0.3) is 5.91 Å². The lowest BCUT2D eigenvalue weighted by molar-refractivity contribution is -0.157. The van der Waals surface area contributed by atoms with E-state index in [0.717, 1.165) is 24.9 Å². The Labute approximate surface area is 165 Å². The van der Waals surface area contributed by atoms with Crippen LogP contribution in [0.5, 0.6) is 0 Å². The number of nitrogens with zero attached hydrogens (tertiary/aromatic N) is 3. The van der Waals surface area contributed by atoms with Crippen LogP contribution in [0, 0.1) is 5.41 Å². The van der Waals surface area contributed by atoms with Gasteiger partial charge in [-0.25, -0.2) is 0 Å². The lowest BCUT2D eigenvalue weighted by Crippen LogP contribution is -2.47. The molecule has 1 aromatic heterocycles. The molecule has 2 fully saturated rings. The maximum Gasteiger partial charge on any atom is 0.314 e. The number of ether oxygens (including phenoxy) is 1. The molecular formula is C22H27N3O3. The van der Waals surface area contributed by atoms with Crippen molar-refractivity contribution in [2.24, 2.45) is 5.41 Å². The van der Waals surface area contributed by atoms with Gasteiger partial charge in [0.1, 0.15) is 5.69 Å². The molecule has 2 aliphatic heterocycles. The van der Waals surface area contributed by atoms with Crippen molar-refractivity contribution < 1.29 is 14.3 Å². The lowest BCUT2D eigenvalue weighted by Gasteiger charge is -2.35. The Hall–Kier alpha value is -2.63. The number of rotatable bonds is 6. The van der Waals surface area contributed by atoms with Gasteiger partial charge < -0.3 is 9.64 Å². The van der Waals surface area contributed by atoms with Gasteiger partial charge in [-0.15, -0.1) is 0 Å². The standard InChI is InChI=1S/C22H27N3O3/c1-3-24-13-12-18(23-24)20(26)25-17-10-11-19(25)22(15-17,21(27)28-4-2)14-16-8-6-5-7-9-16/h5-9,12-13,17,19H,3-4,10-11,14-15H2,1-2H3/t17-,19+,22+/m1/s1. The highest BCUT2D eigenvalue weighted by Crippen LogP contribution is 2.52. The SMILES string of the molecule is CCOC(=O)[C@@]1(Cc2ccccc2)C[C@H]2CC[C@@H]1N2C(=O)c1ccn(CC)n1. The normalized spacial score (nSPS) is 25.9. The zero-order chi connectivity index (χ0) is 19.7. The molecule has 3 heterocycles. The molecule has 148 valence electrons. The average molecular weight is 381 g/mol. The second-order valence-corrected chi connectivity index (χ2v) is 7.76. The molecule has 3 atom stereocenters. The summed E-state index contributed by atoms with van der Waals surface area (Å²) in [6.45, 7) is 4.90. The minimum absolute atomic E-state index is 0.0670. The van der Waals surface area contributed by atoms with Crippen LogP contribution in [0.4, 0.5) is 0 Å². The number of carbonyl (C=O) groups excluding carboxylic acids is 2. The zero-order valence-electron chi connectivity index (χ0n) is 16.5. The number of amides is 1. The molecule has 0 N–H and O–H groups in total. The summed E-state index contributed by atoms with van der Waals surface area (Å²) in [6.07, 6.45) is 4.85. The van der Waals surface area contributed by atoms with Crippen LogP contribution >= 0.6 is 0 Å². The van der Waals surface area contributed by atoms with Gasteiger partial charge in [-0.2, -0.15) is 5.10 Å². The first-order valence-corrected chi connectivity index (χ1v) is 10.2. The predicted octanol–water partition coefficient (Wildman–Crippen LogP) is 3.07. The fourth-order valence-corrected chi connectivity index (χ4v) is 4.99. The van der Waals surface area contributed by atoms with Crippen LogP contribution < -0.4 is 0 Å². The topological polar surface area (TPSA) is 64.4 Å². The van der Waals surface area contributed by atoms with E-state index in [-0.39, 0.29) is 24.0 Å². The van der Waals surface area contributed by atoms with E-state index in [0.29, 0.717) is 25.1 Å². The molecule has 4 rings (SSSR count). The number of aryl methyl sites for hydroxylation is 1. The largest absolute Gasteiger partial charge is 0.465 e. The maximum absolute atomic E-state index is 13.3. The van der Waals surface area contributed by atoms with Crippen molar-refractivity contribution in [1.29, 1.82) is 0 Å². The van der Waals surface area contributed by atoms with Crippen LogP contribution in [-0.2, 0) is 22.5 Å². The summed E-state index contributed by atoms with van der Waals surface area (Å²) in [7, 11) is 0. The summed E-state index contributed by atoms with van der Waals surface area (Å²) in [5.74, 6) is -0.248. The van der Waals surface area contributed by atoms with Gasteiger partial charge in [-0.05, 0) is 51.2 Å². The van der Waals surface area contributed by atoms with Crippen molar-refractivity contribution in [3.8, 4) is 0 Å². The monoisotopic (exact) mass is 381 g/mol. The third-order valence-corrected chi connectivity index (χ3v) is 6.20. The molecular weight excluding hydrogens is 354 g/mol. The van der Waals surface area contributed by atoms with Crippen LogP contribution in [0.25, 0.3) is 0 Å². The Kier molecular flexibility index (Phi) is 4.96. The summed E-state index contributed by atoms with van der Waals surface area (Å²) in [4.78, 5) is 28.3. The summed E-state index contributed by atoms with van der Waals surface area (Å²) >= 11 is 0. The maximum atomic E-state index is 13.3. The molecule has 6 heteroatoms. The molecule has 2 aromatic rings. The van der Waals surface area contributed by atoms with E-state index in [1.54, 1.807) is 10.7 Å². The third-order valence-electron chi connectivity index (χ3n) is 6.20. The van der Waals surface area contributed by atoms with Gasteiger partial charge in [0, 0.05) is 24.8 Å². The van der Waals surface area contributed by atoms with Gasteiger partial charge in [0.15, 0.2) is 0 Å². The first-order valence-electron chi connectivity index (χ1n) is 10.2. The van der Waals surface area contributed by atoms with E-state index in [9.17, 15) is 9.59 Å². The van der Waals surface area contributed by atoms with E-state index in [2.05, 4.69) is 5.10 Å². The van der Waals surface area contributed by atoms with Crippen molar-refractivity contribution >= 4 is 11.9 Å². The molecule has 0 unspecified atom stereocenters. The number of fused-ring (bicyclic) bond motifs is 2. The molecule has 0 saturated carbocycles.